The predicted octanol–water partition coefficient (Wildman–Crippen LogP) is 3.21. The number of amides is 1. The van der Waals surface area contributed by atoms with Crippen LogP contribution in [0.25, 0.3) is 11.0 Å². The molecule has 1 spiro atoms. The molecule has 0 bridgehead atoms. The van der Waals surface area contributed by atoms with E-state index >= 15 is 0 Å². The zero-order valence-electron chi connectivity index (χ0n) is 16.9. The Kier molecular flexibility index (Phi) is 4.24. The zero-order valence-corrected chi connectivity index (χ0v) is 16.9. The summed E-state index contributed by atoms with van der Waals surface area (Å²) in [5, 5.41) is 1.02. The maximum atomic E-state index is 14.1. The Balaban J connectivity index is 1.21. The number of benzene rings is 1. The number of nitrogens with one attached hydrogen (secondary N) is 1. The molecule has 2 aliphatic rings. The van der Waals surface area contributed by atoms with E-state index in [1.54, 1.807) is 25.4 Å². The lowest BCUT2D eigenvalue weighted by atomic mass is 9.60. The van der Waals surface area contributed by atoms with E-state index in [-0.39, 0.29) is 11.3 Å². The summed E-state index contributed by atoms with van der Waals surface area (Å²) in [5.41, 5.74) is 1.71. The van der Waals surface area contributed by atoms with Crippen LogP contribution >= 0.6 is 0 Å². The molecule has 2 fully saturated rings. The highest BCUT2D eigenvalue weighted by Gasteiger charge is 2.55. The number of aromatic amines is 1. The molecule has 1 N–H and O–H groups in total. The number of carbonyl (C=O) groups is 1. The monoisotopic (exact) mass is 403 g/mol. The van der Waals surface area contributed by atoms with E-state index in [1.165, 1.54) is 6.07 Å². The molecule has 2 aromatic heterocycles. The van der Waals surface area contributed by atoms with Gasteiger partial charge in [-0.3, -0.25) is 4.79 Å². The Morgan fingerprint density at radius 1 is 1.30 bits per heavy atom. The average molecular weight is 403 g/mol. The van der Waals surface area contributed by atoms with Gasteiger partial charge >= 0.3 is 0 Å². The van der Waals surface area contributed by atoms with E-state index < -0.39 is 5.82 Å². The molecule has 7 heteroatoms. The largest absolute Gasteiger partial charge is 0.356 e. The second kappa shape index (κ2) is 6.84. The summed E-state index contributed by atoms with van der Waals surface area (Å²) in [6.45, 7) is 3.10. The minimum absolute atomic E-state index is 0.114. The third kappa shape index (κ3) is 2.91. The van der Waals surface area contributed by atoms with Gasteiger partial charge in [0.2, 0.25) is 0 Å². The topological polar surface area (TPSA) is 65.1 Å². The first kappa shape index (κ1) is 18.6. The van der Waals surface area contributed by atoms with Crippen LogP contribution in [0, 0.1) is 23.1 Å². The number of likely N-dealkylation sites (tertiary alicyclic amines) is 1. The van der Waals surface area contributed by atoms with Crippen molar-refractivity contribution in [3.8, 4) is 11.8 Å². The van der Waals surface area contributed by atoms with Crippen molar-refractivity contribution in [2.24, 2.45) is 5.41 Å². The van der Waals surface area contributed by atoms with Gasteiger partial charge in [-0.1, -0.05) is 5.92 Å². The highest BCUT2D eigenvalue weighted by Crippen LogP contribution is 2.51. The van der Waals surface area contributed by atoms with Crippen molar-refractivity contribution in [3.05, 3.63) is 53.7 Å². The van der Waals surface area contributed by atoms with E-state index in [2.05, 4.69) is 38.7 Å². The summed E-state index contributed by atoms with van der Waals surface area (Å²) >= 11 is 0. The molecule has 152 valence electrons. The van der Waals surface area contributed by atoms with Crippen molar-refractivity contribution in [2.75, 3.05) is 25.0 Å². The van der Waals surface area contributed by atoms with Gasteiger partial charge in [-0.2, -0.15) is 0 Å². The van der Waals surface area contributed by atoms with E-state index in [4.69, 9.17) is 0 Å². The SMILES string of the molecule is CC#Cc1ccc(C(=O)N2CC3(CC(N(C)c4ncnc5[nH]ccc45)C3)C2)cc1F. The molecule has 6 nitrogen and oxygen atoms in total. The summed E-state index contributed by atoms with van der Waals surface area (Å²) in [4.78, 5) is 28.6. The van der Waals surface area contributed by atoms with Gasteiger partial charge in [0.15, 0.2) is 0 Å². The first-order valence-electron chi connectivity index (χ1n) is 10.0. The van der Waals surface area contributed by atoms with Gasteiger partial charge < -0.3 is 14.8 Å². The summed E-state index contributed by atoms with van der Waals surface area (Å²) in [6, 6.07) is 6.91. The molecule has 1 saturated heterocycles. The van der Waals surface area contributed by atoms with Gasteiger partial charge in [-0.05, 0) is 44.0 Å². The standard InChI is InChI=1S/C23H22FN5O/c1-3-4-15-5-6-16(9-19(15)24)22(30)29-12-23(13-29)10-17(11-23)28(2)21-18-7-8-25-20(18)26-14-27-21/h5-9,14,17H,10-13H2,1-2H3,(H,25,26,27). The molecule has 3 heterocycles. The Morgan fingerprint density at radius 3 is 2.83 bits per heavy atom. The number of carbonyl (C=O) groups excluding carboxylic acids is 1. The molecular weight excluding hydrogens is 381 g/mol. The van der Waals surface area contributed by atoms with Crippen LogP contribution in [-0.4, -0.2) is 51.9 Å². The quantitative estimate of drug-likeness (QED) is 0.682. The van der Waals surface area contributed by atoms with Gasteiger partial charge in [0, 0.05) is 43.4 Å². The molecule has 0 radical (unpaired) electrons. The Morgan fingerprint density at radius 2 is 2.10 bits per heavy atom. The van der Waals surface area contributed by atoms with Crippen LogP contribution in [0.15, 0.2) is 36.8 Å². The average Bonchev–Trinajstić information content (AvgIpc) is 3.16. The Labute approximate surface area is 174 Å². The number of fused-ring (bicyclic) bond motifs is 1. The Hall–Kier alpha value is -3.40. The number of hydrogen-bond donors (Lipinski definition) is 1. The molecular formula is C23H22FN5O. The van der Waals surface area contributed by atoms with Gasteiger partial charge in [-0.25, -0.2) is 14.4 Å². The van der Waals surface area contributed by atoms with Crippen molar-refractivity contribution in [2.45, 2.75) is 25.8 Å². The molecule has 1 saturated carbocycles. The number of anilines is 1. The van der Waals surface area contributed by atoms with E-state index in [9.17, 15) is 9.18 Å². The fourth-order valence-electron chi connectivity index (χ4n) is 4.76. The van der Waals surface area contributed by atoms with Crippen molar-refractivity contribution in [3.63, 3.8) is 0 Å². The molecule has 1 aliphatic heterocycles. The van der Waals surface area contributed by atoms with Crippen LogP contribution in [0.5, 0.6) is 0 Å². The smallest absolute Gasteiger partial charge is 0.253 e. The van der Waals surface area contributed by atoms with Crippen LogP contribution in [0.2, 0.25) is 0 Å². The third-order valence-corrected chi connectivity index (χ3v) is 6.37. The lowest BCUT2D eigenvalue weighted by molar-refractivity contribution is -0.0541. The van der Waals surface area contributed by atoms with E-state index in [1.807, 2.05) is 17.2 Å². The van der Waals surface area contributed by atoms with Crippen LogP contribution in [0.4, 0.5) is 10.2 Å². The van der Waals surface area contributed by atoms with Crippen LogP contribution < -0.4 is 4.90 Å². The number of halogens is 1. The number of aromatic nitrogens is 3. The highest BCUT2D eigenvalue weighted by atomic mass is 19.1. The summed E-state index contributed by atoms with van der Waals surface area (Å²) < 4.78 is 14.1. The predicted molar refractivity (Wildman–Crippen MR) is 113 cm³/mol. The molecule has 0 unspecified atom stereocenters. The van der Waals surface area contributed by atoms with Crippen molar-refractivity contribution < 1.29 is 9.18 Å². The molecule has 5 rings (SSSR count). The zero-order chi connectivity index (χ0) is 20.9. The number of rotatable bonds is 3. The Bertz CT molecular complexity index is 1190. The second-order valence-corrected chi connectivity index (χ2v) is 8.34. The van der Waals surface area contributed by atoms with Gasteiger partial charge in [0.05, 0.1) is 10.9 Å². The third-order valence-electron chi connectivity index (χ3n) is 6.37. The lowest BCUT2D eigenvalue weighted by Crippen LogP contribution is -2.67. The van der Waals surface area contributed by atoms with Gasteiger partial charge in [0.1, 0.15) is 23.6 Å². The number of nitrogens with zero attached hydrogens (tertiary/aromatic N) is 4. The number of hydrogen-bond acceptors (Lipinski definition) is 4. The van der Waals surface area contributed by atoms with Crippen molar-refractivity contribution in [1.82, 2.24) is 19.9 Å². The molecule has 1 aliphatic carbocycles. The van der Waals surface area contributed by atoms with E-state index in [0.29, 0.717) is 17.2 Å². The summed E-state index contributed by atoms with van der Waals surface area (Å²) in [6.07, 6.45) is 5.49. The van der Waals surface area contributed by atoms with Crippen LogP contribution in [0.3, 0.4) is 0 Å². The maximum absolute atomic E-state index is 14.1. The molecule has 3 aromatic rings. The molecule has 1 amide bonds. The second-order valence-electron chi connectivity index (χ2n) is 8.34. The van der Waals surface area contributed by atoms with E-state index in [0.717, 1.165) is 42.8 Å². The lowest BCUT2D eigenvalue weighted by Gasteiger charge is -2.60. The first-order chi connectivity index (χ1) is 14.5. The minimum atomic E-state index is -0.448. The molecule has 30 heavy (non-hydrogen) atoms. The molecule has 0 atom stereocenters. The normalized spacial score (nSPS) is 17.2. The first-order valence-corrected chi connectivity index (χ1v) is 10.0. The van der Waals surface area contributed by atoms with Gasteiger partial charge in [-0.15, -0.1) is 5.92 Å². The van der Waals surface area contributed by atoms with Crippen molar-refractivity contribution >= 4 is 22.8 Å². The summed E-state index contributed by atoms with van der Waals surface area (Å²) in [7, 11) is 2.07. The fraction of sp³-hybridized carbons (Fsp3) is 0.348. The van der Waals surface area contributed by atoms with Crippen LogP contribution in [0.1, 0.15) is 35.7 Å². The highest BCUT2D eigenvalue weighted by molar-refractivity contribution is 5.95. The van der Waals surface area contributed by atoms with Gasteiger partial charge in [0.25, 0.3) is 5.91 Å². The number of H-pyrrole nitrogens is 1. The van der Waals surface area contributed by atoms with Crippen molar-refractivity contribution in [1.29, 1.82) is 0 Å². The fourth-order valence-corrected chi connectivity index (χ4v) is 4.76. The maximum Gasteiger partial charge on any atom is 0.253 e. The molecule has 1 aromatic carbocycles. The minimum Gasteiger partial charge on any atom is -0.356 e. The van der Waals surface area contributed by atoms with Crippen LogP contribution in [-0.2, 0) is 0 Å². The summed E-state index contributed by atoms with van der Waals surface area (Å²) in [5.74, 6) is 5.75.